The number of hydrogen-bond donors (Lipinski definition) is 0. The molecule has 0 aliphatic heterocycles. The SMILES string of the molecule is N#CCCN(C(=O)COc1ccc(F)cc1Cl)c1cccc(C(F)(F)F)c1. The Kier molecular flexibility index (Phi) is 6.64. The van der Waals surface area contributed by atoms with Crippen molar-refractivity contribution in [3.05, 3.63) is 58.9 Å². The van der Waals surface area contributed by atoms with Crippen LogP contribution in [0, 0.1) is 17.1 Å². The first-order valence-electron chi connectivity index (χ1n) is 7.65. The number of anilines is 1. The summed E-state index contributed by atoms with van der Waals surface area (Å²) < 4.78 is 57.0. The first-order valence-corrected chi connectivity index (χ1v) is 8.02. The number of nitriles is 1. The normalized spacial score (nSPS) is 11.0. The Morgan fingerprint density at radius 2 is 1.96 bits per heavy atom. The van der Waals surface area contributed by atoms with E-state index in [1.165, 1.54) is 18.2 Å². The van der Waals surface area contributed by atoms with Gasteiger partial charge in [-0.2, -0.15) is 18.4 Å². The van der Waals surface area contributed by atoms with Gasteiger partial charge in [-0.1, -0.05) is 17.7 Å². The average Bonchev–Trinajstić information content (AvgIpc) is 2.61. The molecule has 2 rings (SSSR count). The van der Waals surface area contributed by atoms with E-state index in [-0.39, 0.29) is 29.4 Å². The molecule has 0 heterocycles. The van der Waals surface area contributed by atoms with Crippen LogP contribution in [0.25, 0.3) is 0 Å². The summed E-state index contributed by atoms with van der Waals surface area (Å²) in [6, 6.07) is 9.36. The van der Waals surface area contributed by atoms with Crippen LogP contribution in [0.1, 0.15) is 12.0 Å². The lowest BCUT2D eigenvalue weighted by Crippen LogP contribution is -2.36. The molecule has 0 bridgehead atoms. The van der Waals surface area contributed by atoms with E-state index >= 15 is 0 Å². The molecule has 0 saturated heterocycles. The molecule has 9 heteroatoms. The Hall–Kier alpha value is -2.79. The number of rotatable bonds is 6. The van der Waals surface area contributed by atoms with Gasteiger partial charge in [-0.15, -0.1) is 0 Å². The molecule has 0 spiro atoms. The molecule has 0 fully saturated rings. The lowest BCUT2D eigenvalue weighted by molar-refractivity contribution is -0.137. The molecule has 27 heavy (non-hydrogen) atoms. The molecule has 0 radical (unpaired) electrons. The number of halogens is 5. The summed E-state index contributed by atoms with van der Waals surface area (Å²) in [5.41, 5.74) is -0.934. The zero-order valence-corrected chi connectivity index (χ0v) is 14.5. The number of ether oxygens (including phenoxy) is 1. The van der Waals surface area contributed by atoms with Crippen molar-refractivity contribution in [1.29, 1.82) is 5.26 Å². The van der Waals surface area contributed by atoms with E-state index in [9.17, 15) is 22.4 Å². The highest BCUT2D eigenvalue weighted by molar-refractivity contribution is 6.32. The minimum Gasteiger partial charge on any atom is -0.482 e. The largest absolute Gasteiger partial charge is 0.482 e. The van der Waals surface area contributed by atoms with Crippen molar-refractivity contribution in [3.63, 3.8) is 0 Å². The molecule has 142 valence electrons. The van der Waals surface area contributed by atoms with Gasteiger partial charge in [-0.3, -0.25) is 4.79 Å². The third-order valence-electron chi connectivity index (χ3n) is 3.48. The average molecular weight is 401 g/mol. The lowest BCUT2D eigenvalue weighted by Gasteiger charge is -2.23. The predicted molar refractivity (Wildman–Crippen MR) is 90.9 cm³/mol. The van der Waals surface area contributed by atoms with Gasteiger partial charge >= 0.3 is 6.18 Å². The fraction of sp³-hybridized carbons (Fsp3) is 0.222. The Morgan fingerprint density at radius 3 is 2.59 bits per heavy atom. The Bertz CT molecular complexity index is 865. The van der Waals surface area contributed by atoms with E-state index in [1.807, 2.05) is 6.07 Å². The van der Waals surface area contributed by atoms with Gasteiger partial charge in [0.2, 0.25) is 0 Å². The van der Waals surface area contributed by atoms with Crippen LogP contribution in [0.2, 0.25) is 5.02 Å². The van der Waals surface area contributed by atoms with Crippen LogP contribution in [0.5, 0.6) is 5.75 Å². The molecule has 0 saturated carbocycles. The molecule has 1 amide bonds. The zero-order chi connectivity index (χ0) is 20.0. The molecular formula is C18H13ClF4N2O2. The van der Waals surface area contributed by atoms with Gasteiger partial charge in [0.25, 0.3) is 5.91 Å². The van der Waals surface area contributed by atoms with Gasteiger partial charge < -0.3 is 9.64 Å². The van der Waals surface area contributed by atoms with Crippen molar-refractivity contribution >= 4 is 23.2 Å². The number of hydrogen-bond acceptors (Lipinski definition) is 3. The van der Waals surface area contributed by atoms with Gasteiger partial charge in [0, 0.05) is 12.2 Å². The summed E-state index contributed by atoms with van der Waals surface area (Å²) in [5, 5.41) is 8.70. The highest BCUT2D eigenvalue weighted by atomic mass is 35.5. The van der Waals surface area contributed by atoms with E-state index in [0.29, 0.717) is 0 Å². The lowest BCUT2D eigenvalue weighted by atomic mass is 10.1. The number of alkyl halides is 3. The number of nitrogens with zero attached hydrogens (tertiary/aromatic N) is 2. The summed E-state index contributed by atoms with van der Waals surface area (Å²) >= 11 is 5.81. The van der Waals surface area contributed by atoms with Crippen molar-refractivity contribution in [3.8, 4) is 11.8 Å². The maximum Gasteiger partial charge on any atom is 0.416 e. The monoisotopic (exact) mass is 400 g/mol. The summed E-state index contributed by atoms with van der Waals surface area (Å²) in [7, 11) is 0. The zero-order valence-electron chi connectivity index (χ0n) is 13.8. The van der Waals surface area contributed by atoms with Crippen molar-refractivity contribution < 1.29 is 27.1 Å². The molecule has 0 atom stereocenters. The van der Waals surface area contributed by atoms with Gasteiger partial charge in [-0.25, -0.2) is 4.39 Å². The quantitative estimate of drug-likeness (QED) is 0.653. The second-order valence-corrected chi connectivity index (χ2v) is 5.77. The van der Waals surface area contributed by atoms with Crippen molar-refractivity contribution in [2.75, 3.05) is 18.1 Å². The van der Waals surface area contributed by atoms with Crippen LogP contribution in [-0.4, -0.2) is 19.1 Å². The number of carbonyl (C=O) groups is 1. The smallest absolute Gasteiger partial charge is 0.416 e. The van der Waals surface area contributed by atoms with E-state index in [0.717, 1.165) is 29.2 Å². The van der Waals surface area contributed by atoms with Crippen LogP contribution in [0.15, 0.2) is 42.5 Å². The number of amides is 1. The predicted octanol–water partition coefficient (Wildman–Crippen LogP) is 4.82. The summed E-state index contributed by atoms with van der Waals surface area (Å²) in [4.78, 5) is 13.5. The van der Waals surface area contributed by atoms with Gasteiger partial charge in [0.05, 0.1) is 23.1 Å². The fourth-order valence-electron chi connectivity index (χ4n) is 2.22. The van der Waals surface area contributed by atoms with E-state index in [1.54, 1.807) is 0 Å². The molecule has 0 aliphatic carbocycles. The fourth-order valence-corrected chi connectivity index (χ4v) is 2.44. The minimum atomic E-state index is -4.57. The van der Waals surface area contributed by atoms with Crippen LogP contribution in [-0.2, 0) is 11.0 Å². The van der Waals surface area contributed by atoms with Crippen molar-refractivity contribution in [2.45, 2.75) is 12.6 Å². The van der Waals surface area contributed by atoms with Gasteiger partial charge in [-0.05, 0) is 36.4 Å². The molecular weight excluding hydrogens is 388 g/mol. The Balaban J connectivity index is 2.20. The van der Waals surface area contributed by atoms with Gasteiger partial charge in [0.15, 0.2) is 6.61 Å². The molecule has 2 aromatic rings. The van der Waals surface area contributed by atoms with Crippen LogP contribution >= 0.6 is 11.6 Å². The highest BCUT2D eigenvalue weighted by Gasteiger charge is 2.31. The van der Waals surface area contributed by atoms with Crippen LogP contribution in [0.3, 0.4) is 0 Å². The molecule has 4 nitrogen and oxygen atoms in total. The van der Waals surface area contributed by atoms with E-state index in [2.05, 4.69) is 0 Å². The molecule has 0 unspecified atom stereocenters. The second kappa shape index (κ2) is 8.73. The standard InChI is InChI=1S/C18H13ClF4N2O2/c19-15-10-13(20)5-6-16(15)27-11-17(26)25(8-2-7-24)14-4-1-3-12(9-14)18(21,22)23/h1,3-6,9-10H,2,8,11H2. The second-order valence-electron chi connectivity index (χ2n) is 5.36. The first kappa shape index (κ1) is 20.5. The van der Waals surface area contributed by atoms with Crippen molar-refractivity contribution in [1.82, 2.24) is 0 Å². The minimum absolute atomic E-state index is 0.0149. The Morgan fingerprint density at radius 1 is 1.22 bits per heavy atom. The van der Waals surface area contributed by atoms with E-state index in [4.69, 9.17) is 21.6 Å². The van der Waals surface area contributed by atoms with E-state index < -0.39 is 30.1 Å². The highest BCUT2D eigenvalue weighted by Crippen LogP contribution is 2.32. The molecule has 0 N–H and O–H groups in total. The van der Waals surface area contributed by atoms with Crippen LogP contribution < -0.4 is 9.64 Å². The van der Waals surface area contributed by atoms with Gasteiger partial charge in [0.1, 0.15) is 11.6 Å². The molecule has 2 aromatic carbocycles. The third kappa shape index (κ3) is 5.59. The summed E-state index contributed by atoms with van der Waals surface area (Å²) in [5.74, 6) is -1.21. The summed E-state index contributed by atoms with van der Waals surface area (Å²) in [6.45, 7) is -0.663. The maximum absolute atomic E-state index is 13.0. The topological polar surface area (TPSA) is 53.3 Å². The molecule has 0 aliphatic rings. The molecule has 0 aromatic heterocycles. The maximum atomic E-state index is 13.0. The summed E-state index contributed by atoms with van der Waals surface area (Å²) in [6.07, 6.45) is -4.66. The number of carbonyl (C=O) groups excluding carboxylic acids is 1. The first-order chi connectivity index (χ1) is 12.7. The van der Waals surface area contributed by atoms with Crippen molar-refractivity contribution in [2.24, 2.45) is 0 Å². The Labute approximate surface area is 157 Å². The number of benzene rings is 2. The third-order valence-corrected chi connectivity index (χ3v) is 3.77. The van der Waals surface area contributed by atoms with Crippen LogP contribution in [0.4, 0.5) is 23.2 Å².